The Hall–Kier alpha value is -3.16. The van der Waals surface area contributed by atoms with Crippen molar-refractivity contribution in [1.29, 1.82) is 0 Å². The molecule has 0 atom stereocenters. The first-order chi connectivity index (χ1) is 13.0. The van der Waals surface area contributed by atoms with Gasteiger partial charge in [0.05, 0.1) is 22.5 Å². The molecule has 2 aromatic heterocycles. The normalized spacial score (nSPS) is 14.0. The van der Waals surface area contributed by atoms with Crippen LogP contribution in [0.2, 0.25) is 0 Å². The van der Waals surface area contributed by atoms with Crippen LogP contribution >= 0.6 is 0 Å². The van der Waals surface area contributed by atoms with E-state index in [9.17, 15) is 13.2 Å². The van der Waals surface area contributed by atoms with E-state index in [-0.39, 0.29) is 5.75 Å². The van der Waals surface area contributed by atoms with Gasteiger partial charge in [-0.05, 0) is 36.8 Å². The van der Waals surface area contributed by atoms with Crippen molar-refractivity contribution in [1.82, 2.24) is 14.8 Å². The third-order valence-electron chi connectivity index (χ3n) is 4.21. The number of rotatable bonds is 4. The highest BCUT2D eigenvalue weighted by Gasteiger charge is 2.31. The van der Waals surface area contributed by atoms with Crippen molar-refractivity contribution in [3.63, 3.8) is 0 Å². The fourth-order valence-electron chi connectivity index (χ4n) is 3.09. The first-order valence-electron chi connectivity index (χ1n) is 8.42. The summed E-state index contributed by atoms with van der Waals surface area (Å²) in [6.45, 7) is 2.00. The summed E-state index contributed by atoms with van der Waals surface area (Å²) in [4.78, 5) is 8.86. The van der Waals surface area contributed by atoms with Crippen LogP contribution in [0.5, 0.6) is 5.75 Å². The average Bonchev–Trinajstić information content (AvgIpc) is 3.29. The molecule has 3 aromatic rings. The number of ether oxygens (including phenoxy) is 1. The zero-order valence-corrected chi connectivity index (χ0v) is 14.4. The summed E-state index contributed by atoms with van der Waals surface area (Å²) in [5.74, 6) is -0.280. The lowest BCUT2D eigenvalue weighted by Gasteiger charge is -2.09. The van der Waals surface area contributed by atoms with E-state index in [1.807, 2.05) is 25.3 Å². The average molecular weight is 372 g/mol. The van der Waals surface area contributed by atoms with Crippen LogP contribution < -0.4 is 4.74 Å². The van der Waals surface area contributed by atoms with Gasteiger partial charge in [0.1, 0.15) is 5.75 Å². The highest BCUT2D eigenvalue weighted by Crippen LogP contribution is 2.31. The van der Waals surface area contributed by atoms with Gasteiger partial charge in [0.2, 0.25) is 0 Å². The van der Waals surface area contributed by atoms with Gasteiger partial charge < -0.3 is 4.74 Å². The molecule has 4 rings (SSSR count). The Balaban J connectivity index is 1.81. The van der Waals surface area contributed by atoms with Crippen LogP contribution in [0.25, 0.3) is 22.4 Å². The maximum atomic E-state index is 12.3. The molecule has 138 valence electrons. The Labute approximate surface area is 152 Å². The van der Waals surface area contributed by atoms with E-state index in [0.29, 0.717) is 17.8 Å². The maximum Gasteiger partial charge on any atom is 0.573 e. The van der Waals surface area contributed by atoms with Gasteiger partial charge in [0.15, 0.2) is 5.65 Å². The smallest absolute Gasteiger partial charge is 0.406 e. The number of aliphatic imine (C=N–C) groups is 1. The number of hydrogen-bond donors (Lipinski definition) is 0. The SMILES string of the molecule is CCc1nn(-c2ccc(OC(F)(F)F)cc2)c2nccc(C3=CCC=N3)c12. The molecule has 0 aliphatic carbocycles. The van der Waals surface area contributed by atoms with Gasteiger partial charge in [-0.2, -0.15) is 5.10 Å². The summed E-state index contributed by atoms with van der Waals surface area (Å²) in [6.07, 6.45) is 2.32. The molecule has 8 heteroatoms. The Kier molecular flexibility index (Phi) is 4.18. The van der Waals surface area contributed by atoms with Crippen molar-refractivity contribution in [3.8, 4) is 11.4 Å². The van der Waals surface area contributed by atoms with Gasteiger partial charge in [-0.1, -0.05) is 13.0 Å². The topological polar surface area (TPSA) is 52.3 Å². The number of alkyl halides is 3. The van der Waals surface area contributed by atoms with E-state index in [4.69, 9.17) is 0 Å². The predicted molar refractivity (Wildman–Crippen MR) is 96.0 cm³/mol. The molecule has 1 aliphatic rings. The highest BCUT2D eigenvalue weighted by atomic mass is 19.4. The van der Waals surface area contributed by atoms with Crippen LogP contribution in [0.1, 0.15) is 24.6 Å². The predicted octanol–water partition coefficient (Wildman–Crippen LogP) is 4.70. The minimum absolute atomic E-state index is 0.280. The molecular weight excluding hydrogens is 357 g/mol. The summed E-state index contributed by atoms with van der Waals surface area (Å²) in [5, 5.41) is 5.53. The van der Waals surface area contributed by atoms with E-state index in [0.717, 1.165) is 28.8 Å². The molecule has 3 heterocycles. The molecule has 0 bridgehead atoms. The van der Waals surface area contributed by atoms with Crippen molar-refractivity contribution >= 4 is 22.9 Å². The molecule has 27 heavy (non-hydrogen) atoms. The lowest BCUT2D eigenvalue weighted by atomic mass is 10.1. The van der Waals surface area contributed by atoms with Crippen molar-refractivity contribution in [2.45, 2.75) is 26.1 Å². The monoisotopic (exact) mass is 372 g/mol. The zero-order valence-electron chi connectivity index (χ0n) is 14.4. The summed E-state index contributed by atoms with van der Waals surface area (Å²) in [5.41, 5.74) is 3.92. The number of halogens is 3. The van der Waals surface area contributed by atoms with Gasteiger partial charge in [-0.15, -0.1) is 13.2 Å². The molecular formula is C19H15F3N4O. The first kappa shape index (κ1) is 17.3. The number of benzene rings is 1. The number of allylic oxidation sites excluding steroid dienone is 1. The third kappa shape index (κ3) is 3.30. The number of hydrogen-bond acceptors (Lipinski definition) is 4. The van der Waals surface area contributed by atoms with Crippen LogP contribution in [0.4, 0.5) is 13.2 Å². The highest BCUT2D eigenvalue weighted by molar-refractivity contribution is 5.95. The molecule has 0 N–H and O–H groups in total. The molecule has 1 aromatic carbocycles. The van der Waals surface area contributed by atoms with E-state index in [1.165, 1.54) is 24.3 Å². The Bertz CT molecular complexity index is 1050. The molecule has 0 saturated heterocycles. The summed E-state index contributed by atoms with van der Waals surface area (Å²) in [7, 11) is 0. The molecule has 5 nitrogen and oxygen atoms in total. The number of aryl methyl sites for hydroxylation is 1. The van der Waals surface area contributed by atoms with Crippen LogP contribution in [0, 0.1) is 0 Å². The minimum atomic E-state index is -4.72. The summed E-state index contributed by atoms with van der Waals surface area (Å²) < 4.78 is 42.6. The number of aromatic nitrogens is 3. The fourth-order valence-corrected chi connectivity index (χ4v) is 3.09. The van der Waals surface area contributed by atoms with Crippen molar-refractivity contribution in [2.75, 3.05) is 0 Å². The summed E-state index contributed by atoms with van der Waals surface area (Å²) >= 11 is 0. The zero-order chi connectivity index (χ0) is 19.0. The largest absolute Gasteiger partial charge is 0.573 e. The van der Waals surface area contributed by atoms with Crippen LogP contribution in [0.3, 0.4) is 0 Å². The van der Waals surface area contributed by atoms with Gasteiger partial charge in [-0.3, -0.25) is 4.99 Å². The minimum Gasteiger partial charge on any atom is -0.406 e. The number of nitrogens with zero attached hydrogens (tertiary/aromatic N) is 4. The molecule has 0 amide bonds. The van der Waals surface area contributed by atoms with Crippen LogP contribution in [-0.4, -0.2) is 27.3 Å². The van der Waals surface area contributed by atoms with E-state index in [2.05, 4.69) is 19.8 Å². The fraction of sp³-hybridized carbons (Fsp3) is 0.211. The van der Waals surface area contributed by atoms with Crippen LogP contribution in [0.15, 0.2) is 47.6 Å². The van der Waals surface area contributed by atoms with Gasteiger partial charge in [0.25, 0.3) is 0 Å². The molecule has 0 saturated carbocycles. The third-order valence-corrected chi connectivity index (χ3v) is 4.21. The van der Waals surface area contributed by atoms with Crippen molar-refractivity contribution < 1.29 is 17.9 Å². The van der Waals surface area contributed by atoms with E-state index >= 15 is 0 Å². The van der Waals surface area contributed by atoms with Crippen molar-refractivity contribution in [3.05, 3.63) is 53.9 Å². The Morgan fingerprint density at radius 1 is 1.15 bits per heavy atom. The second kappa shape index (κ2) is 6.53. The lowest BCUT2D eigenvalue weighted by molar-refractivity contribution is -0.274. The molecule has 0 radical (unpaired) electrons. The Morgan fingerprint density at radius 2 is 1.93 bits per heavy atom. The van der Waals surface area contributed by atoms with Gasteiger partial charge in [0, 0.05) is 24.4 Å². The Morgan fingerprint density at radius 3 is 2.56 bits per heavy atom. The van der Waals surface area contributed by atoms with Crippen LogP contribution in [-0.2, 0) is 6.42 Å². The molecule has 0 fully saturated rings. The number of fused-ring (bicyclic) bond motifs is 1. The van der Waals surface area contributed by atoms with E-state index in [1.54, 1.807) is 10.9 Å². The standard InChI is InChI=1S/C19H15F3N4O/c1-2-15-17-14(16-4-3-10-23-16)9-11-24-18(17)26(25-15)12-5-7-13(8-6-12)27-19(20,21)22/h4-11H,2-3H2,1H3. The molecule has 0 spiro atoms. The van der Waals surface area contributed by atoms with Gasteiger partial charge >= 0.3 is 6.36 Å². The second-order valence-electron chi connectivity index (χ2n) is 5.95. The summed E-state index contributed by atoms with van der Waals surface area (Å²) in [6, 6.07) is 7.47. The van der Waals surface area contributed by atoms with E-state index < -0.39 is 6.36 Å². The molecule has 1 aliphatic heterocycles. The number of pyridine rings is 1. The first-order valence-corrected chi connectivity index (χ1v) is 8.42. The van der Waals surface area contributed by atoms with Gasteiger partial charge in [-0.25, -0.2) is 9.67 Å². The lowest BCUT2D eigenvalue weighted by Crippen LogP contribution is -2.17. The van der Waals surface area contributed by atoms with Crippen molar-refractivity contribution in [2.24, 2.45) is 4.99 Å². The quantitative estimate of drug-likeness (QED) is 0.667. The molecule has 0 unspecified atom stereocenters. The maximum absolute atomic E-state index is 12.3. The second-order valence-corrected chi connectivity index (χ2v) is 5.95.